The van der Waals surface area contributed by atoms with E-state index in [4.69, 9.17) is 27.6 Å². The van der Waals surface area contributed by atoms with E-state index in [1.165, 1.54) is 7.11 Å². The van der Waals surface area contributed by atoms with Crippen molar-refractivity contribution in [2.75, 3.05) is 12.4 Å². The van der Waals surface area contributed by atoms with Crippen LogP contribution in [0.25, 0.3) is 15.6 Å². The summed E-state index contributed by atoms with van der Waals surface area (Å²) in [6, 6.07) is 10.1. The number of aromatic nitrogens is 2. The predicted octanol–water partition coefficient (Wildman–Crippen LogP) is 4.56. The topological polar surface area (TPSA) is 86.8 Å². The summed E-state index contributed by atoms with van der Waals surface area (Å²) >= 11 is 6.20. The second-order valence-corrected chi connectivity index (χ2v) is 8.47. The molecule has 0 atom stereocenters. The summed E-state index contributed by atoms with van der Waals surface area (Å²) in [5.41, 5.74) is 0.105. The number of esters is 1. The highest BCUT2D eigenvalue weighted by atomic mass is 35.5. The van der Waals surface area contributed by atoms with Gasteiger partial charge in [-0.2, -0.15) is 5.10 Å². The van der Waals surface area contributed by atoms with Crippen LogP contribution in [0.3, 0.4) is 0 Å². The van der Waals surface area contributed by atoms with E-state index >= 15 is 0 Å². The molecular weight excluding hydrogens is 432 g/mol. The molecule has 0 bridgehead atoms. The second-order valence-electron chi connectivity index (χ2n) is 8.06. The quantitative estimate of drug-likeness (QED) is 0.434. The number of ether oxygens (including phenoxy) is 2. The van der Waals surface area contributed by atoms with Gasteiger partial charge in [0.1, 0.15) is 17.9 Å². The number of hydrogen-bond acceptors (Lipinski definition) is 6. The fourth-order valence-corrected chi connectivity index (χ4v) is 3.36. The molecule has 3 rings (SSSR count). The lowest BCUT2D eigenvalue weighted by Crippen LogP contribution is -2.32. The zero-order valence-corrected chi connectivity index (χ0v) is 19.0. The molecular formula is C23H23ClN4O4. The molecule has 0 radical (unpaired) electrons. The summed E-state index contributed by atoms with van der Waals surface area (Å²) in [7, 11) is 1.54. The van der Waals surface area contributed by atoms with E-state index in [2.05, 4.69) is 15.3 Å². The first kappa shape index (κ1) is 23.1. The highest BCUT2D eigenvalue weighted by molar-refractivity contribution is 6.32. The molecule has 0 spiro atoms. The minimum absolute atomic E-state index is 0.334. The fourth-order valence-electron chi connectivity index (χ4n) is 3.08. The van der Waals surface area contributed by atoms with E-state index in [9.17, 15) is 9.59 Å². The number of carbonyl (C=O) groups is 1. The third kappa shape index (κ3) is 5.37. The minimum Gasteiger partial charge on any atom is -0.495 e. The Morgan fingerprint density at radius 3 is 2.59 bits per heavy atom. The molecule has 0 amide bonds. The summed E-state index contributed by atoms with van der Waals surface area (Å²) in [6.45, 7) is 12.5. The van der Waals surface area contributed by atoms with Gasteiger partial charge in [0.25, 0.3) is 5.56 Å². The number of anilines is 1. The lowest BCUT2D eigenvalue weighted by molar-refractivity contribution is -0.155. The zero-order valence-electron chi connectivity index (χ0n) is 18.2. The lowest BCUT2D eigenvalue weighted by Gasteiger charge is -2.20. The third-order valence-corrected chi connectivity index (χ3v) is 4.74. The van der Waals surface area contributed by atoms with Crippen LogP contribution in [0.4, 0.5) is 11.5 Å². The third-order valence-electron chi connectivity index (χ3n) is 4.45. The van der Waals surface area contributed by atoms with Gasteiger partial charge >= 0.3 is 5.97 Å². The predicted molar refractivity (Wildman–Crippen MR) is 123 cm³/mol. The van der Waals surface area contributed by atoms with Crippen LogP contribution in [0, 0.1) is 6.57 Å². The van der Waals surface area contributed by atoms with Crippen LogP contribution < -0.4 is 15.6 Å². The molecule has 0 aliphatic heterocycles. The summed E-state index contributed by atoms with van der Waals surface area (Å²) < 4.78 is 11.6. The first-order valence-electron chi connectivity index (χ1n) is 9.82. The Kier molecular flexibility index (Phi) is 6.70. The van der Waals surface area contributed by atoms with Gasteiger partial charge in [-0.3, -0.25) is 9.59 Å². The Balaban J connectivity index is 1.99. The maximum atomic E-state index is 12.9. The molecule has 0 unspecified atom stereocenters. The molecule has 0 fully saturated rings. The zero-order chi connectivity index (χ0) is 23.5. The van der Waals surface area contributed by atoms with E-state index in [1.54, 1.807) is 51.1 Å². The maximum absolute atomic E-state index is 12.9. The van der Waals surface area contributed by atoms with Gasteiger partial charge in [0.15, 0.2) is 11.5 Å². The number of halogens is 1. The van der Waals surface area contributed by atoms with Gasteiger partial charge in [-0.15, -0.1) is 0 Å². The summed E-state index contributed by atoms with van der Waals surface area (Å²) in [5.74, 6) is 0.351. The molecule has 8 nitrogen and oxygen atoms in total. The van der Waals surface area contributed by atoms with Crippen molar-refractivity contribution in [2.24, 2.45) is 0 Å². The number of nitrogens with zero attached hydrogens (tertiary/aromatic N) is 3. The number of carbonyl (C=O) groups excluding carboxylic acids is 1. The van der Waals surface area contributed by atoms with Crippen LogP contribution in [0.15, 0.2) is 41.2 Å². The van der Waals surface area contributed by atoms with Gasteiger partial charge in [-0.1, -0.05) is 29.8 Å². The van der Waals surface area contributed by atoms with Crippen molar-refractivity contribution in [1.29, 1.82) is 0 Å². The average molecular weight is 455 g/mol. The molecule has 32 heavy (non-hydrogen) atoms. The van der Waals surface area contributed by atoms with E-state index in [-0.39, 0.29) is 6.54 Å². The van der Waals surface area contributed by atoms with E-state index in [0.717, 1.165) is 10.2 Å². The van der Waals surface area contributed by atoms with Crippen LogP contribution in [0.1, 0.15) is 26.3 Å². The van der Waals surface area contributed by atoms with Crippen molar-refractivity contribution in [3.8, 4) is 5.75 Å². The molecule has 1 heterocycles. The number of methoxy groups -OCH3 is 1. The van der Waals surface area contributed by atoms with Crippen LogP contribution in [-0.4, -0.2) is 28.5 Å². The first-order chi connectivity index (χ1) is 15.1. The monoisotopic (exact) mass is 454 g/mol. The lowest BCUT2D eigenvalue weighted by atomic mass is 10.1. The molecule has 166 valence electrons. The second kappa shape index (κ2) is 9.28. The Morgan fingerprint density at radius 2 is 1.97 bits per heavy atom. The van der Waals surface area contributed by atoms with Crippen LogP contribution in [0.2, 0.25) is 5.02 Å². The molecule has 3 aromatic rings. The van der Waals surface area contributed by atoms with Crippen molar-refractivity contribution in [3.05, 3.63) is 68.8 Å². The number of benzene rings is 2. The van der Waals surface area contributed by atoms with Gasteiger partial charge in [0, 0.05) is 17.3 Å². The SMILES string of the molecule is [C-]#[N+]c1ccc2c(=O)n(CC(=O)OC(C)(C)C)nc(NCc3ccc(OC)c(Cl)c3)c2c1. The molecule has 1 N–H and O–H groups in total. The van der Waals surface area contributed by atoms with Gasteiger partial charge in [0.2, 0.25) is 0 Å². The van der Waals surface area contributed by atoms with Gasteiger partial charge in [0.05, 0.1) is 18.7 Å². The smallest absolute Gasteiger partial charge is 0.328 e. The Hall–Kier alpha value is -3.57. The normalized spacial score (nSPS) is 11.1. The summed E-state index contributed by atoms with van der Waals surface area (Å²) in [5, 5.41) is 8.83. The molecule has 0 aliphatic rings. The van der Waals surface area contributed by atoms with E-state index in [0.29, 0.717) is 39.6 Å². The fraction of sp³-hybridized carbons (Fsp3) is 0.304. The van der Waals surface area contributed by atoms with Crippen LogP contribution >= 0.6 is 11.6 Å². The van der Waals surface area contributed by atoms with Crippen molar-refractivity contribution < 1.29 is 14.3 Å². The van der Waals surface area contributed by atoms with Crippen LogP contribution in [0.5, 0.6) is 5.75 Å². The van der Waals surface area contributed by atoms with Crippen molar-refractivity contribution in [3.63, 3.8) is 0 Å². The van der Waals surface area contributed by atoms with Crippen molar-refractivity contribution in [1.82, 2.24) is 9.78 Å². The van der Waals surface area contributed by atoms with E-state index in [1.807, 2.05) is 6.07 Å². The number of hydrogen-bond donors (Lipinski definition) is 1. The minimum atomic E-state index is -0.684. The largest absolute Gasteiger partial charge is 0.495 e. The molecule has 9 heteroatoms. The van der Waals surface area contributed by atoms with Crippen molar-refractivity contribution >= 4 is 39.8 Å². The Morgan fingerprint density at radius 1 is 1.22 bits per heavy atom. The molecule has 2 aromatic carbocycles. The molecule has 1 aromatic heterocycles. The molecule has 0 saturated carbocycles. The average Bonchev–Trinajstić information content (AvgIpc) is 2.73. The van der Waals surface area contributed by atoms with Gasteiger partial charge in [-0.05, 0) is 44.5 Å². The van der Waals surface area contributed by atoms with Gasteiger partial charge in [-0.25, -0.2) is 9.53 Å². The number of nitrogens with one attached hydrogen (secondary N) is 1. The number of fused-ring (bicyclic) bond motifs is 1. The maximum Gasteiger partial charge on any atom is 0.328 e. The van der Waals surface area contributed by atoms with E-state index < -0.39 is 17.1 Å². The molecule has 0 aliphatic carbocycles. The Bertz CT molecular complexity index is 1270. The highest BCUT2D eigenvalue weighted by Crippen LogP contribution is 2.27. The number of rotatable bonds is 6. The van der Waals surface area contributed by atoms with Crippen LogP contribution in [-0.2, 0) is 22.6 Å². The highest BCUT2D eigenvalue weighted by Gasteiger charge is 2.19. The standard InChI is InChI=1S/C23H23ClN4O4/c1-23(2,3)32-20(29)13-28-22(30)16-8-7-15(25-4)11-17(16)21(27-28)26-12-14-6-9-19(31-5)18(24)10-14/h6-11H,12-13H2,1-3,5H3,(H,26,27). The van der Waals surface area contributed by atoms with Gasteiger partial charge < -0.3 is 14.8 Å². The van der Waals surface area contributed by atoms with Crippen molar-refractivity contribution in [2.45, 2.75) is 39.5 Å². The molecule has 0 saturated heterocycles. The summed E-state index contributed by atoms with van der Waals surface area (Å²) in [6.07, 6.45) is 0. The Labute approximate surface area is 190 Å². The first-order valence-corrected chi connectivity index (χ1v) is 10.2. The summed E-state index contributed by atoms with van der Waals surface area (Å²) in [4.78, 5) is 28.7.